The smallest absolute Gasteiger partial charge is 0.246 e. The number of rotatable bonds is 7. The molecular weight excluding hydrogens is 396 g/mol. The minimum atomic E-state index is -0.0163. The summed E-state index contributed by atoms with van der Waals surface area (Å²) < 4.78 is 1.91. The molecule has 0 N–H and O–H groups in total. The van der Waals surface area contributed by atoms with Crippen molar-refractivity contribution in [3.63, 3.8) is 0 Å². The standard InChI is InChI=1S/C27H32N4O/c1-29(20-25-19-28-31(22-25)21-24-9-5-4-6-10-24)27(32)16-13-23-11-14-26(15-12-23)30-17-7-2-3-8-18-30/h4-6,9-16,19,22H,2-3,7-8,17-18,20-21H2,1H3. The summed E-state index contributed by atoms with van der Waals surface area (Å²) >= 11 is 0. The molecule has 0 atom stereocenters. The van der Waals surface area contributed by atoms with Gasteiger partial charge in [-0.25, -0.2) is 0 Å². The number of carbonyl (C=O) groups is 1. The van der Waals surface area contributed by atoms with E-state index in [4.69, 9.17) is 0 Å². The van der Waals surface area contributed by atoms with E-state index in [1.165, 1.54) is 36.9 Å². The fourth-order valence-corrected chi connectivity index (χ4v) is 4.12. The largest absolute Gasteiger partial charge is 0.372 e. The van der Waals surface area contributed by atoms with E-state index < -0.39 is 0 Å². The van der Waals surface area contributed by atoms with Gasteiger partial charge in [0.05, 0.1) is 12.7 Å². The molecule has 1 amide bonds. The zero-order chi connectivity index (χ0) is 22.2. The van der Waals surface area contributed by atoms with Crippen molar-refractivity contribution in [3.8, 4) is 0 Å². The highest BCUT2D eigenvalue weighted by Gasteiger charge is 2.10. The van der Waals surface area contributed by atoms with Crippen LogP contribution >= 0.6 is 0 Å². The van der Waals surface area contributed by atoms with Crippen LogP contribution in [0, 0.1) is 0 Å². The summed E-state index contributed by atoms with van der Waals surface area (Å²) in [5.41, 5.74) is 4.55. The highest BCUT2D eigenvalue weighted by atomic mass is 16.2. The van der Waals surface area contributed by atoms with Gasteiger partial charge >= 0.3 is 0 Å². The highest BCUT2D eigenvalue weighted by Crippen LogP contribution is 2.20. The second-order valence-electron chi connectivity index (χ2n) is 8.55. The number of anilines is 1. The summed E-state index contributed by atoms with van der Waals surface area (Å²) in [6.45, 7) is 3.54. The van der Waals surface area contributed by atoms with Gasteiger partial charge in [-0.2, -0.15) is 5.10 Å². The zero-order valence-electron chi connectivity index (χ0n) is 18.9. The number of aromatic nitrogens is 2. The summed E-state index contributed by atoms with van der Waals surface area (Å²) in [6, 6.07) is 18.8. The van der Waals surface area contributed by atoms with Crippen LogP contribution in [0.25, 0.3) is 6.08 Å². The Labute approximate surface area is 191 Å². The first-order chi connectivity index (χ1) is 15.7. The maximum Gasteiger partial charge on any atom is 0.246 e. The Bertz CT molecular complexity index is 1020. The first-order valence-electron chi connectivity index (χ1n) is 11.5. The molecule has 0 unspecified atom stereocenters. The van der Waals surface area contributed by atoms with Gasteiger partial charge in [0.1, 0.15) is 0 Å². The average molecular weight is 429 g/mol. The predicted octanol–water partition coefficient (Wildman–Crippen LogP) is 4.98. The fourth-order valence-electron chi connectivity index (χ4n) is 4.12. The molecule has 166 valence electrons. The molecule has 0 spiro atoms. The lowest BCUT2D eigenvalue weighted by Crippen LogP contribution is -2.24. The van der Waals surface area contributed by atoms with Crippen LogP contribution in [0.15, 0.2) is 73.1 Å². The van der Waals surface area contributed by atoms with E-state index in [9.17, 15) is 4.79 Å². The van der Waals surface area contributed by atoms with Gasteiger partial charge in [0.15, 0.2) is 0 Å². The molecule has 3 aromatic rings. The van der Waals surface area contributed by atoms with Crippen LogP contribution in [0.2, 0.25) is 0 Å². The molecule has 5 nitrogen and oxygen atoms in total. The second kappa shape index (κ2) is 10.8. The van der Waals surface area contributed by atoms with Gasteiger partial charge in [-0.3, -0.25) is 9.48 Å². The zero-order valence-corrected chi connectivity index (χ0v) is 18.9. The van der Waals surface area contributed by atoms with Crippen molar-refractivity contribution >= 4 is 17.7 Å². The minimum Gasteiger partial charge on any atom is -0.372 e. The summed E-state index contributed by atoms with van der Waals surface area (Å²) in [5.74, 6) is -0.0163. The summed E-state index contributed by atoms with van der Waals surface area (Å²) in [7, 11) is 1.82. The number of likely N-dealkylation sites (N-methyl/N-ethyl adjacent to an activating group) is 1. The Morgan fingerprint density at radius 1 is 0.969 bits per heavy atom. The van der Waals surface area contributed by atoms with Crippen LogP contribution in [-0.4, -0.2) is 40.7 Å². The van der Waals surface area contributed by atoms with E-state index in [0.29, 0.717) is 6.54 Å². The number of carbonyl (C=O) groups excluding carboxylic acids is 1. The summed E-state index contributed by atoms with van der Waals surface area (Å²) in [5, 5.41) is 4.43. The minimum absolute atomic E-state index is 0.0163. The summed E-state index contributed by atoms with van der Waals surface area (Å²) in [4.78, 5) is 16.8. The Balaban J connectivity index is 1.29. The number of hydrogen-bond acceptors (Lipinski definition) is 3. The van der Waals surface area contributed by atoms with Crippen LogP contribution in [0.1, 0.15) is 42.4 Å². The molecule has 4 rings (SSSR count). The lowest BCUT2D eigenvalue weighted by Gasteiger charge is -2.22. The number of nitrogens with zero attached hydrogens (tertiary/aromatic N) is 4. The molecule has 5 heteroatoms. The molecule has 2 heterocycles. The second-order valence-corrected chi connectivity index (χ2v) is 8.55. The normalized spacial score (nSPS) is 14.5. The van der Waals surface area contributed by atoms with Crippen LogP contribution in [-0.2, 0) is 17.9 Å². The first kappa shape index (κ1) is 21.9. The monoisotopic (exact) mass is 428 g/mol. The maximum absolute atomic E-state index is 12.6. The Hall–Kier alpha value is -3.34. The van der Waals surface area contributed by atoms with Gasteiger partial charge in [-0.1, -0.05) is 55.3 Å². The molecule has 0 aliphatic carbocycles. The molecule has 1 aromatic heterocycles. The number of hydrogen-bond donors (Lipinski definition) is 0. The van der Waals surface area contributed by atoms with Crippen molar-refractivity contribution in [3.05, 3.63) is 89.8 Å². The molecule has 1 aliphatic rings. The van der Waals surface area contributed by atoms with E-state index in [-0.39, 0.29) is 5.91 Å². The van der Waals surface area contributed by atoms with E-state index in [2.05, 4.69) is 46.4 Å². The number of benzene rings is 2. The lowest BCUT2D eigenvalue weighted by molar-refractivity contribution is -0.125. The molecule has 1 fully saturated rings. The van der Waals surface area contributed by atoms with Gasteiger partial charge < -0.3 is 9.80 Å². The van der Waals surface area contributed by atoms with Crippen molar-refractivity contribution < 1.29 is 4.79 Å². The topological polar surface area (TPSA) is 41.4 Å². The Kier molecular flexibility index (Phi) is 7.38. The van der Waals surface area contributed by atoms with Gasteiger partial charge in [0.25, 0.3) is 0 Å². The van der Waals surface area contributed by atoms with Crippen molar-refractivity contribution in [2.75, 3.05) is 25.0 Å². The van der Waals surface area contributed by atoms with E-state index >= 15 is 0 Å². The number of amides is 1. The molecule has 1 saturated heterocycles. The van der Waals surface area contributed by atoms with Crippen molar-refractivity contribution in [2.45, 2.75) is 38.8 Å². The molecule has 1 aliphatic heterocycles. The average Bonchev–Trinajstić information content (AvgIpc) is 3.07. The third kappa shape index (κ3) is 6.10. The first-order valence-corrected chi connectivity index (χ1v) is 11.5. The Morgan fingerprint density at radius 3 is 2.41 bits per heavy atom. The Morgan fingerprint density at radius 2 is 1.69 bits per heavy atom. The lowest BCUT2D eigenvalue weighted by atomic mass is 10.1. The molecule has 0 saturated carbocycles. The van der Waals surface area contributed by atoms with Gasteiger partial charge in [0.2, 0.25) is 5.91 Å². The molecular formula is C27H32N4O. The molecule has 2 aromatic carbocycles. The van der Waals surface area contributed by atoms with Gasteiger partial charge in [0, 0.05) is 50.2 Å². The van der Waals surface area contributed by atoms with E-state index in [1.54, 1.807) is 11.0 Å². The van der Waals surface area contributed by atoms with Crippen LogP contribution < -0.4 is 4.90 Å². The quantitative estimate of drug-likeness (QED) is 0.498. The van der Waals surface area contributed by atoms with Crippen LogP contribution in [0.5, 0.6) is 0 Å². The predicted molar refractivity (Wildman–Crippen MR) is 130 cm³/mol. The third-order valence-corrected chi connectivity index (χ3v) is 5.95. The van der Waals surface area contributed by atoms with E-state index in [0.717, 1.165) is 30.8 Å². The maximum atomic E-state index is 12.6. The molecule has 32 heavy (non-hydrogen) atoms. The highest BCUT2D eigenvalue weighted by molar-refractivity contribution is 5.91. The van der Waals surface area contributed by atoms with Crippen LogP contribution in [0.4, 0.5) is 5.69 Å². The van der Waals surface area contributed by atoms with Gasteiger partial charge in [-0.15, -0.1) is 0 Å². The fraction of sp³-hybridized carbons (Fsp3) is 0.333. The molecule has 0 bridgehead atoms. The van der Waals surface area contributed by atoms with Crippen molar-refractivity contribution in [1.82, 2.24) is 14.7 Å². The SMILES string of the molecule is CN(Cc1cnn(Cc2ccccc2)c1)C(=O)C=Cc1ccc(N2CCCCCC2)cc1. The van der Waals surface area contributed by atoms with Crippen molar-refractivity contribution in [2.24, 2.45) is 0 Å². The van der Waals surface area contributed by atoms with Gasteiger partial charge in [-0.05, 0) is 42.2 Å². The van der Waals surface area contributed by atoms with E-state index in [1.807, 2.05) is 48.4 Å². The molecule has 0 radical (unpaired) electrons. The van der Waals surface area contributed by atoms with Crippen molar-refractivity contribution in [1.29, 1.82) is 0 Å². The third-order valence-electron chi connectivity index (χ3n) is 5.95. The summed E-state index contributed by atoms with van der Waals surface area (Å²) in [6.07, 6.45) is 12.6. The van der Waals surface area contributed by atoms with Crippen LogP contribution in [0.3, 0.4) is 0 Å².